The summed E-state index contributed by atoms with van der Waals surface area (Å²) in [5, 5.41) is 0. The first kappa shape index (κ1) is 39.9. The van der Waals surface area contributed by atoms with Crippen LogP contribution in [0.5, 0.6) is 0 Å². The van der Waals surface area contributed by atoms with Crippen LogP contribution in [-0.4, -0.2) is 15.0 Å². The van der Waals surface area contributed by atoms with Gasteiger partial charge in [0.1, 0.15) is 17.5 Å². The van der Waals surface area contributed by atoms with E-state index in [1.54, 1.807) is 0 Å². The molecule has 0 aromatic carbocycles. The van der Waals surface area contributed by atoms with Crippen molar-refractivity contribution in [2.24, 2.45) is 16.7 Å². The first-order valence-corrected chi connectivity index (χ1v) is 8.05. The van der Waals surface area contributed by atoms with Gasteiger partial charge < -0.3 is 0 Å². The van der Waals surface area contributed by atoms with Crippen LogP contribution in [0.4, 0.5) is 0 Å². The largest absolute Gasteiger partial charge is 0.219 e. The molecule has 0 aliphatic heterocycles. The Hall–Kier alpha value is -0.990. The van der Waals surface area contributed by atoms with Crippen molar-refractivity contribution in [3.63, 3.8) is 0 Å². The van der Waals surface area contributed by atoms with Gasteiger partial charge in [-0.2, -0.15) is 0 Å². The van der Waals surface area contributed by atoms with Gasteiger partial charge in [-0.1, -0.05) is 98.9 Å². The fraction of sp³-hybridized carbons (Fsp3) is 0.870. The topological polar surface area (TPSA) is 38.7 Å². The fourth-order valence-corrected chi connectivity index (χ4v) is 1.23. The lowest BCUT2D eigenvalue weighted by Crippen LogP contribution is -2.25. The highest BCUT2D eigenvalue weighted by Crippen LogP contribution is 2.36. The first-order chi connectivity index (χ1) is 9.36. The lowest BCUT2D eigenvalue weighted by Gasteiger charge is -2.34. The van der Waals surface area contributed by atoms with Gasteiger partial charge in [-0.05, 0) is 30.6 Å². The zero-order valence-corrected chi connectivity index (χ0v) is 15.8. The third-order valence-corrected chi connectivity index (χ3v) is 4.38. The van der Waals surface area contributed by atoms with Gasteiger partial charge in [-0.3, -0.25) is 0 Å². The quantitative estimate of drug-likeness (QED) is 0.534. The SMILES string of the molecule is C.C.C.C.C.CC(C)(C)C(C)(C)C.CCC(C)Cc1nc(C)nc(C)n1. The highest BCUT2D eigenvalue weighted by molar-refractivity contribution is 4.95. The summed E-state index contributed by atoms with van der Waals surface area (Å²) in [7, 11) is 0. The predicted octanol–water partition coefficient (Wildman–Crippen LogP) is 8.34. The monoisotopic (exact) mass is 373 g/mol. The zero-order chi connectivity index (χ0) is 16.8. The van der Waals surface area contributed by atoms with Crippen molar-refractivity contribution in [3.05, 3.63) is 17.5 Å². The molecule has 1 rings (SSSR count). The second-order valence-electron chi connectivity index (χ2n) is 8.06. The van der Waals surface area contributed by atoms with Gasteiger partial charge >= 0.3 is 0 Å². The molecule has 1 aromatic heterocycles. The molecule has 0 N–H and O–H groups in total. The van der Waals surface area contributed by atoms with Crippen molar-refractivity contribution < 1.29 is 0 Å². The van der Waals surface area contributed by atoms with Crippen molar-refractivity contribution in [2.45, 2.75) is 119 Å². The van der Waals surface area contributed by atoms with Crippen molar-refractivity contribution in [1.29, 1.82) is 0 Å². The molecule has 26 heavy (non-hydrogen) atoms. The molecule has 1 heterocycles. The highest BCUT2D eigenvalue weighted by Gasteiger charge is 2.26. The minimum Gasteiger partial charge on any atom is -0.219 e. The maximum atomic E-state index is 4.30. The Balaban J connectivity index is -0.0000000694. The third kappa shape index (κ3) is 16.5. The number of rotatable bonds is 3. The number of aryl methyl sites for hydroxylation is 2. The molecular weight excluding hydrogens is 318 g/mol. The van der Waals surface area contributed by atoms with Gasteiger partial charge in [0.15, 0.2) is 0 Å². The van der Waals surface area contributed by atoms with Gasteiger partial charge in [-0.15, -0.1) is 0 Å². The molecule has 1 aromatic rings. The molecular formula is C23H55N3. The minimum absolute atomic E-state index is 0. The smallest absolute Gasteiger partial charge is 0.132 e. The van der Waals surface area contributed by atoms with Crippen molar-refractivity contribution in [1.82, 2.24) is 15.0 Å². The maximum absolute atomic E-state index is 4.30. The fourth-order valence-electron chi connectivity index (χ4n) is 1.23. The zero-order valence-electron chi connectivity index (χ0n) is 15.8. The van der Waals surface area contributed by atoms with Crippen molar-refractivity contribution in [3.8, 4) is 0 Å². The van der Waals surface area contributed by atoms with Crippen LogP contribution < -0.4 is 0 Å². The lowest BCUT2D eigenvalue weighted by molar-refractivity contribution is 0.157. The summed E-state index contributed by atoms with van der Waals surface area (Å²) in [6.45, 7) is 21.9. The summed E-state index contributed by atoms with van der Waals surface area (Å²) in [5.74, 6) is 3.23. The van der Waals surface area contributed by atoms with Gasteiger partial charge in [0.2, 0.25) is 0 Å². The summed E-state index contributed by atoms with van der Waals surface area (Å²) < 4.78 is 0. The van der Waals surface area contributed by atoms with Crippen LogP contribution >= 0.6 is 0 Å². The van der Waals surface area contributed by atoms with Crippen LogP contribution in [-0.2, 0) is 6.42 Å². The Bertz CT molecular complexity index is 394. The summed E-state index contributed by atoms with van der Waals surface area (Å²) in [5.41, 5.74) is 0.875. The third-order valence-electron chi connectivity index (χ3n) is 4.38. The van der Waals surface area contributed by atoms with E-state index in [-0.39, 0.29) is 37.1 Å². The average molecular weight is 374 g/mol. The molecule has 0 radical (unpaired) electrons. The Kier molecular flexibility index (Phi) is 24.9. The molecule has 0 bridgehead atoms. The van der Waals surface area contributed by atoms with Crippen LogP contribution in [0.1, 0.15) is 116 Å². The second kappa shape index (κ2) is 16.2. The van der Waals surface area contributed by atoms with Gasteiger partial charge in [0.25, 0.3) is 0 Å². The first-order valence-electron chi connectivity index (χ1n) is 8.05. The van der Waals surface area contributed by atoms with Crippen LogP contribution in [0, 0.1) is 30.6 Å². The van der Waals surface area contributed by atoms with E-state index in [0.717, 1.165) is 23.9 Å². The van der Waals surface area contributed by atoms with Gasteiger partial charge in [0, 0.05) is 6.42 Å². The highest BCUT2D eigenvalue weighted by atomic mass is 15.0. The summed E-state index contributed by atoms with van der Waals surface area (Å²) in [4.78, 5) is 12.7. The number of hydrogen-bond acceptors (Lipinski definition) is 3. The molecule has 0 fully saturated rings. The molecule has 3 nitrogen and oxygen atoms in total. The Morgan fingerprint density at radius 2 is 1.00 bits per heavy atom. The van der Waals surface area contributed by atoms with Crippen LogP contribution in [0.15, 0.2) is 0 Å². The molecule has 0 spiro atoms. The summed E-state index contributed by atoms with van der Waals surface area (Å²) >= 11 is 0. The maximum Gasteiger partial charge on any atom is 0.132 e. The van der Waals surface area contributed by atoms with E-state index in [1.165, 1.54) is 6.42 Å². The van der Waals surface area contributed by atoms with Gasteiger partial charge in [0.05, 0.1) is 0 Å². The molecule has 162 valence electrons. The number of hydrogen-bond donors (Lipinski definition) is 0. The average Bonchev–Trinajstić information content (AvgIpc) is 2.25. The Labute approximate surface area is 168 Å². The number of nitrogens with zero attached hydrogens (tertiary/aromatic N) is 3. The Morgan fingerprint density at radius 1 is 0.692 bits per heavy atom. The molecule has 0 aliphatic carbocycles. The van der Waals surface area contributed by atoms with Crippen LogP contribution in [0.2, 0.25) is 0 Å². The molecule has 1 atom stereocenters. The van der Waals surface area contributed by atoms with E-state index in [0.29, 0.717) is 16.7 Å². The molecule has 3 heteroatoms. The molecule has 0 saturated carbocycles. The molecule has 0 aliphatic rings. The van der Waals surface area contributed by atoms with E-state index in [2.05, 4.69) is 70.3 Å². The molecule has 0 amide bonds. The van der Waals surface area contributed by atoms with Gasteiger partial charge in [-0.25, -0.2) is 15.0 Å². The van der Waals surface area contributed by atoms with E-state index >= 15 is 0 Å². The standard InChI is InChI=1S/C10H17N3.C8H18.5CH4/c1-5-7(2)6-10-12-8(3)11-9(4)13-10;1-7(2,3)8(4,5)6;;;;;/h7H,5-6H2,1-4H3;1-6H3;5*1H4. The predicted molar refractivity (Wildman–Crippen MR) is 125 cm³/mol. The van der Waals surface area contributed by atoms with Crippen molar-refractivity contribution >= 4 is 0 Å². The van der Waals surface area contributed by atoms with Crippen LogP contribution in [0.3, 0.4) is 0 Å². The van der Waals surface area contributed by atoms with E-state index in [1.807, 2.05) is 13.8 Å². The lowest BCUT2D eigenvalue weighted by atomic mass is 9.71. The minimum atomic E-state index is 0. The second-order valence-corrected chi connectivity index (χ2v) is 8.06. The van der Waals surface area contributed by atoms with E-state index < -0.39 is 0 Å². The van der Waals surface area contributed by atoms with E-state index in [9.17, 15) is 0 Å². The Morgan fingerprint density at radius 3 is 1.23 bits per heavy atom. The van der Waals surface area contributed by atoms with Crippen LogP contribution in [0.25, 0.3) is 0 Å². The van der Waals surface area contributed by atoms with E-state index in [4.69, 9.17) is 0 Å². The molecule has 1 unspecified atom stereocenters. The summed E-state index contributed by atoms with van der Waals surface area (Å²) in [6, 6.07) is 0. The summed E-state index contributed by atoms with van der Waals surface area (Å²) in [6.07, 6.45) is 2.13. The normalized spacial score (nSPS) is 10.8. The van der Waals surface area contributed by atoms with Crippen molar-refractivity contribution in [2.75, 3.05) is 0 Å². The molecule has 0 saturated heterocycles. The number of aromatic nitrogens is 3.